The molecule has 0 amide bonds. The number of nitrogens with two attached hydrogens (primary N) is 1. The second-order valence-corrected chi connectivity index (χ2v) is 5.65. The van der Waals surface area contributed by atoms with E-state index in [0.717, 1.165) is 0 Å². The summed E-state index contributed by atoms with van der Waals surface area (Å²) in [5.41, 5.74) is 7.52. The number of nitro benzene ring substituents is 1. The number of non-ortho nitro benzene ring substituents is 1. The van der Waals surface area contributed by atoms with E-state index in [9.17, 15) is 10.1 Å². The maximum Gasteiger partial charge on any atom is 0.270 e. The van der Waals surface area contributed by atoms with Gasteiger partial charge >= 0.3 is 0 Å². The molecule has 0 fully saturated rings. The Bertz CT molecular complexity index is 823. The number of halogens is 1. The highest BCUT2D eigenvalue weighted by atomic mass is 35.5. The summed E-state index contributed by atoms with van der Waals surface area (Å²) in [6.07, 6.45) is 0. The van der Waals surface area contributed by atoms with Crippen LogP contribution in [0.3, 0.4) is 0 Å². The van der Waals surface area contributed by atoms with E-state index >= 15 is 0 Å². The number of rotatable bonds is 5. The average molecular weight is 364 g/mol. The molecule has 2 aromatic rings. The van der Waals surface area contributed by atoms with Crippen molar-refractivity contribution in [2.24, 2.45) is 10.9 Å². The van der Waals surface area contributed by atoms with Crippen LogP contribution in [0.15, 0.2) is 41.6 Å². The summed E-state index contributed by atoms with van der Waals surface area (Å²) in [6.45, 7) is 0.284. The SMILES string of the molecule is NC(=NOCc1cc([N+](=O)[O-])cc2c1OCOC2)c1ccc(Cl)cc1. The molecule has 0 radical (unpaired) electrons. The van der Waals surface area contributed by atoms with E-state index in [1.807, 2.05) is 0 Å². The summed E-state index contributed by atoms with van der Waals surface area (Å²) in [5, 5.41) is 15.5. The van der Waals surface area contributed by atoms with Crippen molar-refractivity contribution >= 4 is 23.1 Å². The molecule has 0 saturated heterocycles. The molecule has 0 aromatic heterocycles. The van der Waals surface area contributed by atoms with E-state index in [1.54, 1.807) is 24.3 Å². The molecule has 2 N–H and O–H groups in total. The van der Waals surface area contributed by atoms with Gasteiger partial charge in [-0.05, 0) is 24.3 Å². The lowest BCUT2D eigenvalue weighted by Crippen LogP contribution is -2.15. The van der Waals surface area contributed by atoms with E-state index in [-0.39, 0.29) is 31.5 Å². The fraction of sp³-hybridized carbons (Fsp3) is 0.188. The van der Waals surface area contributed by atoms with Crippen LogP contribution in [0.2, 0.25) is 5.02 Å². The first-order valence-corrected chi connectivity index (χ1v) is 7.64. The van der Waals surface area contributed by atoms with Crippen LogP contribution in [0.25, 0.3) is 0 Å². The molecular weight excluding hydrogens is 350 g/mol. The van der Waals surface area contributed by atoms with Crippen molar-refractivity contribution < 1.29 is 19.2 Å². The van der Waals surface area contributed by atoms with E-state index < -0.39 is 4.92 Å². The van der Waals surface area contributed by atoms with Crippen LogP contribution < -0.4 is 10.5 Å². The predicted molar refractivity (Wildman–Crippen MR) is 90.3 cm³/mol. The molecule has 0 bridgehead atoms. The lowest BCUT2D eigenvalue weighted by Gasteiger charge is -2.20. The van der Waals surface area contributed by atoms with Crippen LogP contribution in [0, 0.1) is 10.1 Å². The van der Waals surface area contributed by atoms with Gasteiger partial charge in [0.1, 0.15) is 12.4 Å². The van der Waals surface area contributed by atoms with Gasteiger partial charge in [-0.3, -0.25) is 10.1 Å². The zero-order valence-corrected chi connectivity index (χ0v) is 13.7. The molecule has 25 heavy (non-hydrogen) atoms. The summed E-state index contributed by atoms with van der Waals surface area (Å²) in [6, 6.07) is 9.59. The molecular formula is C16H14ClN3O5. The molecule has 0 atom stereocenters. The van der Waals surface area contributed by atoms with E-state index in [0.29, 0.717) is 27.5 Å². The smallest absolute Gasteiger partial charge is 0.270 e. The van der Waals surface area contributed by atoms with E-state index in [4.69, 9.17) is 31.6 Å². The van der Waals surface area contributed by atoms with Gasteiger partial charge in [0.2, 0.25) is 0 Å². The Morgan fingerprint density at radius 2 is 2.12 bits per heavy atom. The van der Waals surface area contributed by atoms with Gasteiger partial charge in [-0.25, -0.2) is 0 Å². The van der Waals surface area contributed by atoms with Gasteiger partial charge < -0.3 is 20.0 Å². The maximum atomic E-state index is 11.1. The molecule has 1 aliphatic heterocycles. The first kappa shape index (κ1) is 17.0. The number of benzene rings is 2. The minimum atomic E-state index is -0.482. The van der Waals surface area contributed by atoms with Gasteiger partial charge in [-0.2, -0.15) is 0 Å². The van der Waals surface area contributed by atoms with E-state index in [2.05, 4.69) is 5.16 Å². The van der Waals surface area contributed by atoms with Crippen molar-refractivity contribution in [2.45, 2.75) is 13.2 Å². The Hall–Kier alpha value is -2.84. The Morgan fingerprint density at radius 1 is 1.36 bits per heavy atom. The van der Waals surface area contributed by atoms with Crippen LogP contribution >= 0.6 is 11.6 Å². The predicted octanol–water partition coefficient (Wildman–Crippen LogP) is 2.95. The highest BCUT2D eigenvalue weighted by Gasteiger charge is 2.21. The number of hydrogen-bond acceptors (Lipinski definition) is 6. The van der Waals surface area contributed by atoms with Gasteiger partial charge in [-0.15, -0.1) is 0 Å². The maximum absolute atomic E-state index is 11.1. The zero-order chi connectivity index (χ0) is 17.8. The molecule has 0 spiro atoms. The third-order valence-corrected chi connectivity index (χ3v) is 3.76. The Balaban J connectivity index is 1.78. The molecule has 0 unspecified atom stereocenters. The first-order valence-electron chi connectivity index (χ1n) is 7.26. The van der Waals surface area contributed by atoms with Crippen molar-refractivity contribution in [1.29, 1.82) is 0 Å². The lowest BCUT2D eigenvalue weighted by atomic mass is 10.1. The Kier molecular flexibility index (Phi) is 5.01. The summed E-state index contributed by atoms with van der Waals surface area (Å²) >= 11 is 5.82. The highest BCUT2D eigenvalue weighted by Crippen LogP contribution is 2.33. The largest absolute Gasteiger partial charge is 0.467 e. The second kappa shape index (κ2) is 7.37. The lowest BCUT2D eigenvalue weighted by molar-refractivity contribution is -0.385. The molecule has 8 nitrogen and oxygen atoms in total. The minimum Gasteiger partial charge on any atom is -0.467 e. The molecule has 2 aromatic carbocycles. The Morgan fingerprint density at radius 3 is 2.84 bits per heavy atom. The van der Waals surface area contributed by atoms with Gasteiger partial charge in [0.25, 0.3) is 5.69 Å². The number of oxime groups is 1. The topological polar surface area (TPSA) is 109 Å². The first-order chi connectivity index (χ1) is 12.0. The average Bonchev–Trinajstić information content (AvgIpc) is 2.62. The van der Waals surface area contributed by atoms with Gasteiger partial charge in [0.15, 0.2) is 12.6 Å². The van der Waals surface area contributed by atoms with Crippen LogP contribution in [0.4, 0.5) is 5.69 Å². The summed E-state index contributed by atoms with van der Waals surface area (Å²) in [4.78, 5) is 15.8. The van der Waals surface area contributed by atoms with Gasteiger partial charge in [-0.1, -0.05) is 16.8 Å². The molecule has 0 aliphatic carbocycles. The van der Waals surface area contributed by atoms with Gasteiger partial charge in [0.05, 0.1) is 11.5 Å². The van der Waals surface area contributed by atoms with Crippen LogP contribution in [0.1, 0.15) is 16.7 Å². The fourth-order valence-corrected chi connectivity index (χ4v) is 2.46. The molecule has 130 valence electrons. The molecule has 9 heteroatoms. The quantitative estimate of drug-likeness (QED) is 0.378. The number of amidine groups is 1. The number of hydrogen-bond donors (Lipinski definition) is 1. The summed E-state index contributed by atoms with van der Waals surface area (Å²) < 4.78 is 10.6. The number of ether oxygens (including phenoxy) is 2. The van der Waals surface area contributed by atoms with Crippen molar-refractivity contribution in [3.8, 4) is 5.75 Å². The Labute approximate surface area is 147 Å². The number of nitro groups is 1. The van der Waals surface area contributed by atoms with Crippen LogP contribution in [-0.4, -0.2) is 17.6 Å². The van der Waals surface area contributed by atoms with Crippen molar-refractivity contribution in [1.82, 2.24) is 0 Å². The van der Waals surface area contributed by atoms with E-state index in [1.165, 1.54) is 12.1 Å². The van der Waals surface area contributed by atoms with Crippen LogP contribution in [0.5, 0.6) is 5.75 Å². The van der Waals surface area contributed by atoms with Crippen molar-refractivity contribution in [3.63, 3.8) is 0 Å². The second-order valence-electron chi connectivity index (χ2n) is 5.22. The third kappa shape index (κ3) is 3.98. The highest BCUT2D eigenvalue weighted by molar-refractivity contribution is 6.30. The van der Waals surface area contributed by atoms with Crippen molar-refractivity contribution in [2.75, 3.05) is 6.79 Å². The normalized spacial score (nSPS) is 13.7. The minimum absolute atomic E-state index is 0.0295. The van der Waals surface area contributed by atoms with Gasteiger partial charge in [0, 0.05) is 33.8 Å². The standard InChI is InChI=1S/C16H14ClN3O5/c17-13-3-1-10(2-4-13)16(18)19-25-8-12-6-14(20(21)22)5-11-7-23-9-24-15(11)12/h1-6H,7-9H2,(H2,18,19). The zero-order valence-electron chi connectivity index (χ0n) is 13.0. The fourth-order valence-electron chi connectivity index (χ4n) is 2.34. The van der Waals surface area contributed by atoms with Crippen LogP contribution in [-0.2, 0) is 22.8 Å². The summed E-state index contributed by atoms with van der Waals surface area (Å²) in [5.74, 6) is 0.678. The third-order valence-electron chi connectivity index (χ3n) is 3.51. The summed E-state index contributed by atoms with van der Waals surface area (Å²) in [7, 11) is 0. The molecule has 1 heterocycles. The molecule has 3 rings (SSSR count). The number of nitrogens with zero attached hydrogens (tertiary/aromatic N) is 2. The molecule has 0 saturated carbocycles. The van der Waals surface area contributed by atoms with Crippen molar-refractivity contribution in [3.05, 3.63) is 68.2 Å². The monoisotopic (exact) mass is 363 g/mol. The molecule has 1 aliphatic rings. The number of fused-ring (bicyclic) bond motifs is 1.